The zero-order valence-electron chi connectivity index (χ0n) is 13.3. The van der Waals surface area contributed by atoms with Gasteiger partial charge in [-0.25, -0.2) is 4.39 Å². The molecule has 0 spiro atoms. The average molecular weight is 312 g/mol. The Labute approximate surface area is 136 Å². The van der Waals surface area contributed by atoms with Crippen LogP contribution in [0.15, 0.2) is 48.5 Å². The smallest absolute Gasteiger partial charge is 0.253 e. The van der Waals surface area contributed by atoms with Crippen molar-refractivity contribution in [3.63, 3.8) is 0 Å². The first kappa shape index (κ1) is 15.5. The van der Waals surface area contributed by atoms with Gasteiger partial charge < -0.3 is 9.80 Å². The molecule has 0 unspecified atom stereocenters. The molecular weight excluding hydrogens is 291 g/mol. The van der Waals surface area contributed by atoms with Crippen molar-refractivity contribution in [1.29, 1.82) is 0 Å². The van der Waals surface area contributed by atoms with E-state index in [1.807, 2.05) is 29.2 Å². The largest absolute Gasteiger partial charge is 0.368 e. The third-order valence-corrected chi connectivity index (χ3v) is 4.37. The lowest BCUT2D eigenvalue weighted by molar-refractivity contribution is 0.0747. The van der Waals surface area contributed by atoms with E-state index in [4.69, 9.17) is 0 Å². The van der Waals surface area contributed by atoms with Crippen molar-refractivity contribution in [1.82, 2.24) is 4.90 Å². The average Bonchev–Trinajstić information content (AvgIpc) is 2.62. The number of halogens is 1. The Bertz CT molecular complexity index is 659. The summed E-state index contributed by atoms with van der Waals surface area (Å²) in [5.41, 5.74) is 2.99. The molecule has 1 saturated heterocycles. The number of benzene rings is 2. The second-order valence-electron chi connectivity index (χ2n) is 5.81. The summed E-state index contributed by atoms with van der Waals surface area (Å²) in [6.45, 7) is 5.01. The molecule has 0 saturated carbocycles. The number of carbonyl (C=O) groups is 1. The van der Waals surface area contributed by atoms with Crippen molar-refractivity contribution in [2.45, 2.75) is 13.3 Å². The molecule has 3 nitrogen and oxygen atoms in total. The Balaban J connectivity index is 1.61. The fraction of sp³-hybridized carbons (Fsp3) is 0.316. The molecule has 0 radical (unpaired) electrons. The van der Waals surface area contributed by atoms with E-state index in [9.17, 15) is 9.18 Å². The molecule has 1 aliphatic rings. The lowest BCUT2D eigenvalue weighted by atomic mass is 10.1. The third kappa shape index (κ3) is 3.52. The highest BCUT2D eigenvalue weighted by Gasteiger charge is 2.22. The van der Waals surface area contributed by atoms with Gasteiger partial charge in [0.1, 0.15) is 5.82 Å². The summed E-state index contributed by atoms with van der Waals surface area (Å²) in [5, 5.41) is 0. The zero-order chi connectivity index (χ0) is 16.2. The number of carbonyl (C=O) groups excluding carboxylic acids is 1. The summed E-state index contributed by atoms with van der Waals surface area (Å²) in [6, 6.07) is 14.4. The van der Waals surface area contributed by atoms with Crippen LogP contribution in [-0.2, 0) is 6.42 Å². The van der Waals surface area contributed by atoms with Gasteiger partial charge in [-0.15, -0.1) is 0 Å². The van der Waals surface area contributed by atoms with Crippen LogP contribution >= 0.6 is 0 Å². The molecule has 4 heteroatoms. The molecular formula is C19H21FN2O. The van der Waals surface area contributed by atoms with Gasteiger partial charge in [0.25, 0.3) is 5.91 Å². The van der Waals surface area contributed by atoms with Gasteiger partial charge in [-0.3, -0.25) is 4.79 Å². The van der Waals surface area contributed by atoms with Crippen LogP contribution in [0.25, 0.3) is 0 Å². The minimum atomic E-state index is -0.224. The highest BCUT2D eigenvalue weighted by molar-refractivity contribution is 5.94. The van der Waals surface area contributed by atoms with E-state index >= 15 is 0 Å². The van der Waals surface area contributed by atoms with Gasteiger partial charge in [0, 0.05) is 37.4 Å². The topological polar surface area (TPSA) is 23.6 Å². The van der Waals surface area contributed by atoms with Crippen LogP contribution < -0.4 is 4.90 Å². The van der Waals surface area contributed by atoms with Gasteiger partial charge in [-0.2, -0.15) is 0 Å². The second kappa shape index (κ2) is 6.82. The molecule has 3 rings (SSSR count). The molecule has 0 aliphatic carbocycles. The van der Waals surface area contributed by atoms with Crippen molar-refractivity contribution < 1.29 is 9.18 Å². The fourth-order valence-corrected chi connectivity index (χ4v) is 2.89. The number of aryl methyl sites for hydroxylation is 1. The molecule has 1 fully saturated rings. The fourth-order valence-electron chi connectivity index (χ4n) is 2.89. The van der Waals surface area contributed by atoms with Crippen LogP contribution in [0.3, 0.4) is 0 Å². The monoisotopic (exact) mass is 312 g/mol. The Morgan fingerprint density at radius 1 is 0.957 bits per heavy atom. The summed E-state index contributed by atoms with van der Waals surface area (Å²) in [5.74, 6) is -0.135. The van der Waals surface area contributed by atoms with Gasteiger partial charge in [0.05, 0.1) is 0 Å². The summed E-state index contributed by atoms with van der Waals surface area (Å²) >= 11 is 0. The maximum Gasteiger partial charge on any atom is 0.253 e. The third-order valence-electron chi connectivity index (χ3n) is 4.37. The number of hydrogen-bond donors (Lipinski definition) is 0. The molecule has 120 valence electrons. The van der Waals surface area contributed by atoms with Gasteiger partial charge in [-0.1, -0.05) is 19.1 Å². The van der Waals surface area contributed by atoms with Gasteiger partial charge in [0.15, 0.2) is 0 Å². The Morgan fingerprint density at radius 2 is 1.57 bits per heavy atom. The molecule has 0 aromatic heterocycles. The molecule has 2 aromatic rings. The molecule has 1 amide bonds. The van der Waals surface area contributed by atoms with Crippen LogP contribution in [0.2, 0.25) is 0 Å². The number of rotatable bonds is 3. The number of anilines is 1. The van der Waals surface area contributed by atoms with E-state index in [0.717, 1.165) is 30.8 Å². The van der Waals surface area contributed by atoms with Gasteiger partial charge in [0.2, 0.25) is 0 Å². The number of amides is 1. The quantitative estimate of drug-likeness (QED) is 0.868. The van der Waals surface area contributed by atoms with E-state index in [-0.39, 0.29) is 11.7 Å². The van der Waals surface area contributed by atoms with Crippen LogP contribution in [0.4, 0.5) is 10.1 Å². The number of piperazine rings is 1. The predicted molar refractivity (Wildman–Crippen MR) is 90.3 cm³/mol. The maximum absolute atomic E-state index is 13.0. The first-order valence-corrected chi connectivity index (χ1v) is 8.06. The Morgan fingerprint density at radius 3 is 2.13 bits per heavy atom. The molecule has 2 aromatic carbocycles. The molecule has 0 atom stereocenters. The standard InChI is InChI=1S/C19H21FN2O/c1-2-15-3-5-16(6-4-15)19(23)22-13-11-21(12-14-22)18-9-7-17(20)8-10-18/h3-10H,2,11-14H2,1H3. The predicted octanol–water partition coefficient (Wildman–Crippen LogP) is 3.35. The molecule has 0 N–H and O–H groups in total. The second-order valence-corrected chi connectivity index (χ2v) is 5.81. The number of hydrogen-bond acceptors (Lipinski definition) is 2. The Kier molecular flexibility index (Phi) is 4.60. The zero-order valence-corrected chi connectivity index (χ0v) is 13.3. The summed E-state index contributed by atoms with van der Waals surface area (Å²) < 4.78 is 13.0. The minimum absolute atomic E-state index is 0.0893. The van der Waals surface area contributed by atoms with Crippen LogP contribution in [0.5, 0.6) is 0 Å². The van der Waals surface area contributed by atoms with E-state index < -0.39 is 0 Å². The minimum Gasteiger partial charge on any atom is -0.368 e. The summed E-state index contributed by atoms with van der Waals surface area (Å²) in [7, 11) is 0. The van der Waals surface area contributed by atoms with Crippen molar-refractivity contribution in [2.24, 2.45) is 0 Å². The lowest BCUT2D eigenvalue weighted by Gasteiger charge is -2.36. The van der Waals surface area contributed by atoms with Crippen LogP contribution in [-0.4, -0.2) is 37.0 Å². The van der Waals surface area contributed by atoms with Crippen LogP contribution in [0, 0.1) is 5.82 Å². The molecule has 1 aliphatic heterocycles. The van der Waals surface area contributed by atoms with E-state index in [1.54, 1.807) is 12.1 Å². The SMILES string of the molecule is CCc1ccc(C(=O)N2CCN(c3ccc(F)cc3)CC2)cc1. The highest BCUT2D eigenvalue weighted by atomic mass is 19.1. The van der Waals surface area contributed by atoms with E-state index in [0.29, 0.717) is 13.1 Å². The lowest BCUT2D eigenvalue weighted by Crippen LogP contribution is -2.48. The first-order valence-electron chi connectivity index (χ1n) is 8.06. The number of nitrogens with zero attached hydrogens (tertiary/aromatic N) is 2. The molecule has 23 heavy (non-hydrogen) atoms. The highest BCUT2D eigenvalue weighted by Crippen LogP contribution is 2.18. The molecule has 1 heterocycles. The van der Waals surface area contributed by atoms with E-state index in [1.165, 1.54) is 17.7 Å². The Hall–Kier alpha value is -2.36. The normalized spacial score (nSPS) is 14.9. The molecule has 0 bridgehead atoms. The van der Waals surface area contributed by atoms with Crippen molar-refractivity contribution in [3.8, 4) is 0 Å². The van der Waals surface area contributed by atoms with E-state index in [2.05, 4.69) is 11.8 Å². The van der Waals surface area contributed by atoms with Crippen molar-refractivity contribution in [3.05, 3.63) is 65.5 Å². The summed E-state index contributed by atoms with van der Waals surface area (Å²) in [6.07, 6.45) is 0.977. The van der Waals surface area contributed by atoms with Crippen molar-refractivity contribution in [2.75, 3.05) is 31.1 Å². The van der Waals surface area contributed by atoms with Gasteiger partial charge >= 0.3 is 0 Å². The van der Waals surface area contributed by atoms with Crippen molar-refractivity contribution >= 4 is 11.6 Å². The van der Waals surface area contributed by atoms with Crippen LogP contribution in [0.1, 0.15) is 22.8 Å². The first-order chi connectivity index (χ1) is 11.2. The van der Waals surface area contributed by atoms with Gasteiger partial charge in [-0.05, 0) is 48.4 Å². The maximum atomic E-state index is 13.0. The summed E-state index contributed by atoms with van der Waals surface area (Å²) in [4.78, 5) is 16.6.